The van der Waals surface area contributed by atoms with Crippen LogP contribution >= 0.6 is 0 Å². The Bertz CT molecular complexity index is 602. The lowest BCUT2D eigenvalue weighted by Crippen LogP contribution is -2.57. The molecule has 1 saturated carbocycles. The number of nitrogens with zero attached hydrogens (tertiary/aromatic N) is 2. The second kappa shape index (κ2) is 9.53. The SMILES string of the molecule is CC1(N(CC(=O)O)CC(=O)O)CC(CC(=O)O)[C@@H]2CCCC[C@H]2N(CC(=O)O)C1. The second-order valence-corrected chi connectivity index (χ2v) is 8.52. The molecule has 10 nitrogen and oxygen atoms in total. The summed E-state index contributed by atoms with van der Waals surface area (Å²) in [7, 11) is 0. The van der Waals surface area contributed by atoms with Gasteiger partial charge in [-0.05, 0) is 38.0 Å². The second-order valence-electron chi connectivity index (χ2n) is 8.52. The Labute approximate surface area is 169 Å². The fraction of sp³-hybridized carbons (Fsp3) is 0.789. The van der Waals surface area contributed by atoms with E-state index in [4.69, 9.17) is 0 Å². The van der Waals surface area contributed by atoms with Crippen LogP contribution in [-0.2, 0) is 19.2 Å². The molecule has 0 bridgehead atoms. The topological polar surface area (TPSA) is 156 Å². The first-order valence-corrected chi connectivity index (χ1v) is 9.88. The highest BCUT2D eigenvalue weighted by molar-refractivity contribution is 5.73. The highest BCUT2D eigenvalue weighted by atomic mass is 16.4. The molecule has 2 aliphatic rings. The van der Waals surface area contributed by atoms with Crippen LogP contribution in [0.1, 0.15) is 45.4 Å². The molecule has 10 heteroatoms. The molecule has 1 heterocycles. The quantitative estimate of drug-likeness (QED) is 0.422. The predicted molar refractivity (Wildman–Crippen MR) is 101 cm³/mol. The molecule has 0 radical (unpaired) electrons. The zero-order chi connectivity index (χ0) is 21.8. The molecule has 4 atom stereocenters. The number of hydrogen-bond acceptors (Lipinski definition) is 6. The van der Waals surface area contributed by atoms with Gasteiger partial charge in [-0.25, -0.2) is 0 Å². The number of aliphatic carboxylic acids is 4. The number of fused-ring (bicyclic) bond motifs is 1. The Balaban J connectivity index is 2.47. The van der Waals surface area contributed by atoms with Crippen molar-refractivity contribution in [1.82, 2.24) is 9.80 Å². The molecule has 0 spiro atoms. The lowest BCUT2D eigenvalue weighted by Gasteiger charge is -2.43. The van der Waals surface area contributed by atoms with Gasteiger partial charge >= 0.3 is 23.9 Å². The van der Waals surface area contributed by atoms with E-state index in [1.807, 2.05) is 0 Å². The Morgan fingerprint density at radius 1 is 0.931 bits per heavy atom. The van der Waals surface area contributed by atoms with E-state index in [2.05, 4.69) is 0 Å². The molecule has 0 aromatic carbocycles. The molecule has 29 heavy (non-hydrogen) atoms. The molecule has 1 aliphatic carbocycles. The van der Waals surface area contributed by atoms with Crippen molar-refractivity contribution in [1.29, 1.82) is 0 Å². The van der Waals surface area contributed by atoms with E-state index < -0.39 is 42.5 Å². The highest BCUT2D eigenvalue weighted by Crippen LogP contribution is 2.43. The summed E-state index contributed by atoms with van der Waals surface area (Å²) in [5.74, 6) is -4.65. The third-order valence-corrected chi connectivity index (χ3v) is 6.29. The van der Waals surface area contributed by atoms with Gasteiger partial charge in [0.15, 0.2) is 0 Å². The van der Waals surface area contributed by atoms with E-state index in [1.165, 1.54) is 4.90 Å². The molecule has 0 aromatic rings. The standard InChI is InChI=1S/C19H30N2O8/c1-19(21(9-17(26)27)10-18(28)29)7-12(6-15(22)23)13-4-2-3-5-14(13)20(11-19)8-16(24)25/h12-14H,2-11H2,1H3,(H,22,23)(H,24,25)(H,26,27)(H,28,29)/t12?,13-,14+,19?/m0/s1. The van der Waals surface area contributed by atoms with Crippen molar-refractivity contribution in [2.75, 3.05) is 26.2 Å². The average molecular weight is 414 g/mol. The lowest BCUT2D eigenvalue weighted by atomic mass is 9.72. The molecule has 0 aromatic heterocycles. The van der Waals surface area contributed by atoms with Crippen LogP contribution in [0.4, 0.5) is 0 Å². The van der Waals surface area contributed by atoms with Crippen molar-refractivity contribution < 1.29 is 39.6 Å². The first-order chi connectivity index (χ1) is 13.5. The number of hydrogen-bond donors (Lipinski definition) is 4. The van der Waals surface area contributed by atoms with E-state index in [1.54, 1.807) is 11.8 Å². The van der Waals surface area contributed by atoms with Crippen LogP contribution < -0.4 is 0 Å². The van der Waals surface area contributed by atoms with Crippen LogP contribution in [0.3, 0.4) is 0 Å². The largest absolute Gasteiger partial charge is 0.481 e. The Morgan fingerprint density at radius 3 is 2.03 bits per heavy atom. The normalized spacial score (nSPS) is 30.3. The lowest BCUT2D eigenvalue weighted by molar-refractivity contribution is -0.147. The van der Waals surface area contributed by atoms with Gasteiger partial charge in [-0.3, -0.25) is 29.0 Å². The molecule has 164 valence electrons. The summed E-state index contributed by atoms with van der Waals surface area (Å²) in [5.41, 5.74) is -0.982. The summed E-state index contributed by atoms with van der Waals surface area (Å²) >= 11 is 0. The molecule has 2 fully saturated rings. The van der Waals surface area contributed by atoms with Crippen molar-refractivity contribution in [2.45, 2.75) is 57.0 Å². The number of rotatable bonds is 9. The summed E-state index contributed by atoms with van der Waals surface area (Å²) in [6.07, 6.45) is 3.59. The summed E-state index contributed by atoms with van der Waals surface area (Å²) in [6.45, 7) is 0.624. The van der Waals surface area contributed by atoms with Crippen molar-refractivity contribution in [2.24, 2.45) is 11.8 Å². The third-order valence-electron chi connectivity index (χ3n) is 6.29. The molecule has 1 aliphatic heterocycles. The van der Waals surface area contributed by atoms with Crippen LogP contribution in [0.25, 0.3) is 0 Å². The zero-order valence-electron chi connectivity index (χ0n) is 16.6. The maximum absolute atomic E-state index is 11.5. The van der Waals surface area contributed by atoms with Gasteiger partial charge in [0, 0.05) is 24.5 Å². The Hall–Kier alpha value is -2.20. The van der Waals surface area contributed by atoms with Gasteiger partial charge in [0.05, 0.1) is 19.6 Å². The first-order valence-electron chi connectivity index (χ1n) is 9.88. The van der Waals surface area contributed by atoms with Gasteiger partial charge in [-0.15, -0.1) is 0 Å². The molecule has 4 N–H and O–H groups in total. The molecule has 1 saturated heterocycles. The smallest absolute Gasteiger partial charge is 0.317 e. The molecular formula is C19H30N2O8. The summed E-state index contributed by atoms with van der Waals surface area (Å²) in [4.78, 5) is 49.0. The van der Waals surface area contributed by atoms with Crippen molar-refractivity contribution >= 4 is 23.9 Å². The van der Waals surface area contributed by atoms with Gasteiger partial charge in [-0.1, -0.05) is 12.8 Å². The van der Waals surface area contributed by atoms with Crippen molar-refractivity contribution in [3.8, 4) is 0 Å². The maximum atomic E-state index is 11.5. The maximum Gasteiger partial charge on any atom is 0.317 e. The third kappa shape index (κ3) is 6.14. The minimum Gasteiger partial charge on any atom is -0.481 e. The van der Waals surface area contributed by atoms with E-state index >= 15 is 0 Å². The molecule has 2 rings (SSSR count). The van der Waals surface area contributed by atoms with E-state index in [-0.39, 0.29) is 37.4 Å². The van der Waals surface area contributed by atoms with Crippen LogP contribution in [0, 0.1) is 11.8 Å². The number of carbonyl (C=O) groups is 4. The van der Waals surface area contributed by atoms with Gasteiger partial charge in [-0.2, -0.15) is 0 Å². The van der Waals surface area contributed by atoms with E-state index in [9.17, 15) is 39.6 Å². The van der Waals surface area contributed by atoms with Gasteiger partial charge in [0.2, 0.25) is 0 Å². The highest BCUT2D eigenvalue weighted by Gasteiger charge is 2.48. The van der Waals surface area contributed by atoms with Gasteiger partial charge < -0.3 is 20.4 Å². The first kappa shape index (κ1) is 23.1. The minimum absolute atomic E-state index is 0.0162. The molecule has 0 amide bonds. The van der Waals surface area contributed by atoms with Crippen LogP contribution in [0.2, 0.25) is 0 Å². The fourth-order valence-corrected chi connectivity index (χ4v) is 5.27. The van der Waals surface area contributed by atoms with Crippen molar-refractivity contribution in [3.63, 3.8) is 0 Å². The van der Waals surface area contributed by atoms with Crippen LogP contribution in [0.15, 0.2) is 0 Å². The molecule has 2 unspecified atom stereocenters. The summed E-state index contributed by atoms with van der Waals surface area (Å²) in [5, 5.41) is 37.5. The summed E-state index contributed by atoms with van der Waals surface area (Å²) < 4.78 is 0. The Kier molecular flexibility index (Phi) is 7.59. The Morgan fingerprint density at radius 2 is 1.52 bits per heavy atom. The van der Waals surface area contributed by atoms with Crippen molar-refractivity contribution in [3.05, 3.63) is 0 Å². The number of carboxylic acid groups (broad SMARTS) is 4. The van der Waals surface area contributed by atoms with E-state index in [0.717, 1.165) is 25.7 Å². The van der Waals surface area contributed by atoms with Gasteiger partial charge in [0.25, 0.3) is 0 Å². The number of carboxylic acids is 4. The average Bonchev–Trinajstić information content (AvgIpc) is 2.69. The van der Waals surface area contributed by atoms with E-state index in [0.29, 0.717) is 6.42 Å². The minimum atomic E-state index is -1.19. The number of likely N-dealkylation sites (tertiary alicyclic amines) is 1. The van der Waals surface area contributed by atoms with Crippen LogP contribution in [-0.4, -0.2) is 91.9 Å². The zero-order valence-corrected chi connectivity index (χ0v) is 16.6. The van der Waals surface area contributed by atoms with Gasteiger partial charge in [0.1, 0.15) is 0 Å². The van der Waals surface area contributed by atoms with Crippen LogP contribution in [0.5, 0.6) is 0 Å². The monoisotopic (exact) mass is 414 g/mol. The predicted octanol–water partition coefficient (Wildman–Crippen LogP) is 0.656. The fourth-order valence-electron chi connectivity index (χ4n) is 5.27. The molecular weight excluding hydrogens is 384 g/mol. The summed E-state index contributed by atoms with van der Waals surface area (Å²) in [6, 6.07) is -0.109.